The molecule has 6 rings (SSSR count). The summed E-state index contributed by atoms with van der Waals surface area (Å²) in [6, 6.07) is 31.8. The average Bonchev–Trinajstić information content (AvgIpc) is 2.98. The fourth-order valence-corrected chi connectivity index (χ4v) is 7.00. The van der Waals surface area contributed by atoms with Crippen LogP contribution in [-0.4, -0.2) is 6.04 Å². The van der Waals surface area contributed by atoms with E-state index >= 15 is 0 Å². The van der Waals surface area contributed by atoms with Gasteiger partial charge in [-0.1, -0.05) is 80.4 Å². The van der Waals surface area contributed by atoms with Crippen molar-refractivity contribution in [2.45, 2.75) is 76.2 Å². The van der Waals surface area contributed by atoms with Crippen molar-refractivity contribution in [1.29, 1.82) is 0 Å². The van der Waals surface area contributed by atoms with Gasteiger partial charge in [-0.05, 0) is 125 Å². The normalized spacial score (nSPS) is 23.1. The quantitative estimate of drug-likeness (QED) is 0.226. The lowest BCUT2D eigenvalue weighted by Crippen LogP contribution is -2.61. The number of quaternary nitrogens is 1. The highest BCUT2D eigenvalue weighted by Gasteiger charge is 2.25. The maximum absolute atomic E-state index is 6.10. The van der Waals surface area contributed by atoms with Crippen molar-refractivity contribution in [3.05, 3.63) is 96.1 Å². The summed E-state index contributed by atoms with van der Waals surface area (Å²) in [7, 11) is 0. The number of rotatable bonds is 5. The minimum atomic E-state index is 0.594. The van der Waals surface area contributed by atoms with Gasteiger partial charge in [-0.2, -0.15) is 0 Å². The maximum atomic E-state index is 6.10. The Bertz CT molecular complexity index is 1330. The second kappa shape index (κ2) is 11.5. The van der Waals surface area contributed by atoms with E-state index in [-0.39, 0.29) is 0 Å². The van der Waals surface area contributed by atoms with Gasteiger partial charge in [-0.3, -0.25) is 0 Å². The van der Waals surface area contributed by atoms with Crippen LogP contribution in [0.3, 0.4) is 0 Å². The Kier molecular flexibility index (Phi) is 7.67. The summed E-state index contributed by atoms with van der Waals surface area (Å²) in [5.74, 6) is 2.07. The topological polar surface area (TPSA) is 79.7 Å². The molecule has 206 valence electrons. The number of hydrogen-bond acceptors (Lipinski definition) is 2. The second-order valence-corrected chi connectivity index (χ2v) is 12.5. The van der Waals surface area contributed by atoms with Crippen molar-refractivity contribution in [2.24, 2.45) is 5.92 Å². The zero-order valence-corrected chi connectivity index (χ0v) is 23.9. The first-order valence-electron chi connectivity index (χ1n) is 15.3. The molecule has 4 aromatic carbocycles. The zero-order valence-electron chi connectivity index (χ0n) is 23.9. The molecule has 2 aliphatic carbocycles. The highest BCUT2D eigenvalue weighted by Crippen LogP contribution is 2.44. The van der Waals surface area contributed by atoms with Gasteiger partial charge in [-0.25, -0.2) is 0 Å². The van der Waals surface area contributed by atoms with Crippen LogP contribution in [0.2, 0.25) is 0 Å². The summed E-state index contributed by atoms with van der Waals surface area (Å²) in [6.07, 6.45) is 10.1. The van der Waals surface area contributed by atoms with Crippen LogP contribution in [0.15, 0.2) is 84.9 Å². The SMILES string of the molecule is CC1CCC(c2ccc(-c3ccc(N)cc3)c(-c3cc(C4CCC([NH3+])CC4)ccc3-c3ccc(N)cc3)c2)CC1. The lowest BCUT2D eigenvalue weighted by molar-refractivity contribution is -0.425. The van der Waals surface area contributed by atoms with Gasteiger partial charge in [0, 0.05) is 11.4 Å². The lowest BCUT2D eigenvalue weighted by atomic mass is 9.77. The highest BCUT2D eigenvalue weighted by atomic mass is 14.6. The van der Waals surface area contributed by atoms with E-state index in [4.69, 9.17) is 11.5 Å². The van der Waals surface area contributed by atoms with Gasteiger partial charge in [0.1, 0.15) is 0 Å². The van der Waals surface area contributed by atoms with Gasteiger partial charge in [-0.15, -0.1) is 0 Å². The van der Waals surface area contributed by atoms with Gasteiger partial charge in [0.25, 0.3) is 0 Å². The summed E-state index contributed by atoms with van der Waals surface area (Å²) in [5.41, 5.74) is 28.6. The summed E-state index contributed by atoms with van der Waals surface area (Å²) in [6.45, 7) is 2.40. The smallest absolute Gasteiger partial charge is 0.0844 e. The Labute approximate surface area is 239 Å². The van der Waals surface area contributed by atoms with Crippen LogP contribution in [0.25, 0.3) is 33.4 Å². The predicted molar refractivity (Wildman–Crippen MR) is 170 cm³/mol. The molecule has 0 heterocycles. The molecular formula is C37H44N3+. The van der Waals surface area contributed by atoms with Gasteiger partial charge in [0.2, 0.25) is 0 Å². The van der Waals surface area contributed by atoms with E-state index in [9.17, 15) is 0 Å². The molecule has 0 aromatic heterocycles. The average molecular weight is 531 g/mol. The molecule has 0 radical (unpaired) electrons. The van der Waals surface area contributed by atoms with Crippen LogP contribution in [0.4, 0.5) is 11.4 Å². The van der Waals surface area contributed by atoms with E-state index in [0.717, 1.165) is 17.3 Å². The first-order valence-corrected chi connectivity index (χ1v) is 15.3. The first kappa shape index (κ1) is 26.7. The monoisotopic (exact) mass is 530 g/mol. The van der Waals surface area contributed by atoms with Crippen LogP contribution in [0, 0.1) is 5.92 Å². The zero-order chi connectivity index (χ0) is 27.6. The number of benzene rings is 4. The molecule has 0 bridgehead atoms. The molecule has 40 heavy (non-hydrogen) atoms. The van der Waals surface area contributed by atoms with Crippen LogP contribution in [0.5, 0.6) is 0 Å². The van der Waals surface area contributed by atoms with Gasteiger partial charge in [0.05, 0.1) is 6.04 Å². The van der Waals surface area contributed by atoms with Crippen molar-refractivity contribution < 1.29 is 5.73 Å². The summed E-state index contributed by atoms with van der Waals surface area (Å²) < 4.78 is 0. The molecule has 0 aliphatic heterocycles. The standard InChI is InChI=1S/C37H43N3/c1-24-2-4-25(5-3-24)29-12-20-34(27-8-16-32(39)17-9-27)36(22-29)37-23-30(26-6-14-31(38)15-7-26)13-21-35(37)28-10-18-33(40)19-11-28/h8-13,16-26,31H,2-7,14-15,38-40H2,1H3/p+1. The molecule has 0 saturated heterocycles. The molecule has 3 nitrogen and oxygen atoms in total. The summed E-state index contributed by atoms with van der Waals surface area (Å²) >= 11 is 0. The molecule has 4 aromatic rings. The summed E-state index contributed by atoms with van der Waals surface area (Å²) in [4.78, 5) is 0. The highest BCUT2D eigenvalue weighted by molar-refractivity contribution is 5.92. The third-order valence-corrected chi connectivity index (χ3v) is 9.63. The maximum Gasteiger partial charge on any atom is 0.0844 e. The van der Waals surface area contributed by atoms with Crippen molar-refractivity contribution in [3.8, 4) is 33.4 Å². The molecule has 0 spiro atoms. The Hall–Kier alpha value is -3.56. The van der Waals surface area contributed by atoms with Crippen LogP contribution in [0.1, 0.15) is 81.3 Å². The Morgan fingerprint density at radius 1 is 0.500 bits per heavy atom. The van der Waals surface area contributed by atoms with E-state index in [1.54, 1.807) is 0 Å². The predicted octanol–water partition coefficient (Wildman–Crippen LogP) is 8.41. The van der Waals surface area contributed by atoms with Crippen molar-refractivity contribution >= 4 is 11.4 Å². The van der Waals surface area contributed by atoms with E-state index in [1.165, 1.54) is 95.9 Å². The number of nitrogen functional groups attached to an aromatic ring is 2. The number of anilines is 2. The van der Waals surface area contributed by atoms with Crippen molar-refractivity contribution in [1.82, 2.24) is 0 Å². The fraction of sp³-hybridized carbons (Fsp3) is 0.351. The Morgan fingerprint density at radius 3 is 1.32 bits per heavy atom. The van der Waals surface area contributed by atoms with Crippen molar-refractivity contribution in [3.63, 3.8) is 0 Å². The molecular weight excluding hydrogens is 486 g/mol. The van der Waals surface area contributed by atoms with E-state index in [1.807, 2.05) is 24.3 Å². The molecule has 0 amide bonds. The van der Waals surface area contributed by atoms with E-state index in [2.05, 4.69) is 73.3 Å². The molecule has 2 fully saturated rings. The lowest BCUT2D eigenvalue weighted by Gasteiger charge is -2.28. The van der Waals surface area contributed by atoms with E-state index < -0.39 is 0 Å². The van der Waals surface area contributed by atoms with Gasteiger partial charge < -0.3 is 17.2 Å². The molecule has 0 unspecified atom stereocenters. The van der Waals surface area contributed by atoms with Gasteiger partial charge in [0.15, 0.2) is 0 Å². The van der Waals surface area contributed by atoms with Gasteiger partial charge >= 0.3 is 0 Å². The third kappa shape index (κ3) is 5.67. The third-order valence-electron chi connectivity index (χ3n) is 9.63. The fourth-order valence-electron chi connectivity index (χ4n) is 7.00. The largest absolute Gasteiger partial charge is 0.399 e. The molecule has 3 heteroatoms. The first-order chi connectivity index (χ1) is 19.4. The second-order valence-electron chi connectivity index (χ2n) is 12.5. The van der Waals surface area contributed by atoms with Crippen LogP contribution >= 0.6 is 0 Å². The minimum absolute atomic E-state index is 0.594. The number of hydrogen-bond donors (Lipinski definition) is 3. The molecule has 2 saturated carbocycles. The molecule has 0 atom stereocenters. The molecule has 2 aliphatic rings. The molecule has 7 N–H and O–H groups in total. The van der Waals surface area contributed by atoms with Crippen molar-refractivity contribution in [2.75, 3.05) is 11.5 Å². The number of nitrogens with two attached hydrogens (primary N) is 2. The minimum Gasteiger partial charge on any atom is -0.399 e. The summed E-state index contributed by atoms with van der Waals surface area (Å²) in [5, 5.41) is 0. The van der Waals surface area contributed by atoms with E-state index in [0.29, 0.717) is 17.9 Å². The Morgan fingerprint density at radius 2 is 0.900 bits per heavy atom. The van der Waals surface area contributed by atoms with Crippen LogP contribution in [-0.2, 0) is 0 Å². The Balaban J connectivity index is 1.53. The van der Waals surface area contributed by atoms with Crippen LogP contribution < -0.4 is 17.2 Å².